The summed E-state index contributed by atoms with van der Waals surface area (Å²) in [4.78, 5) is 0. The van der Waals surface area contributed by atoms with Crippen molar-refractivity contribution in [1.29, 1.82) is 5.26 Å². The van der Waals surface area contributed by atoms with Gasteiger partial charge in [0.15, 0.2) is 0 Å². The van der Waals surface area contributed by atoms with Gasteiger partial charge in [-0.25, -0.2) is 4.39 Å². The molecule has 0 spiro atoms. The van der Waals surface area contributed by atoms with Crippen LogP contribution < -0.4 is 10.5 Å². The molecule has 3 N–H and O–H groups in total. The maximum absolute atomic E-state index is 14.7. The first-order valence-corrected chi connectivity index (χ1v) is 9.73. The number of hydrogen-bond acceptors (Lipinski definition) is 4. The predicted octanol–water partition coefficient (Wildman–Crippen LogP) is 5.10. The summed E-state index contributed by atoms with van der Waals surface area (Å²) < 4.78 is 20.3. The molecule has 6 heteroatoms. The zero-order chi connectivity index (χ0) is 21.4. The van der Waals surface area contributed by atoms with E-state index in [-0.39, 0.29) is 17.3 Å². The lowest BCUT2D eigenvalue weighted by Crippen LogP contribution is -2.21. The summed E-state index contributed by atoms with van der Waals surface area (Å²) in [6, 6.07) is 26.4. The van der Waals surface area contributed by atoms with Crippen molar-refractivity contribution in [2.24, 2.45) is 5.73 Å². The second-order valence-electron chi connectivity index (χ2n) is 7.21. The molecule has 5 rings (SSSR count). The molecule has 4 aromatic rings. The number of allylic oxidation sites excluding steroid dienone is 1. The van der Waals surface area contributed by atoms with Crippen LogP contribution in [0.5, 0.6) is 5.88 Å². The SMILES string of the molecule is N#CC1=C(N)Oc2n[nH]c(-c3ccc(-c4ccccc4)cc3)c2[C@@H]1c1ccccc1F. The number of nitrogens with two attached hydrogens (primary N) is 1. The summed E-state index contributed by atoms with van der Waals surface area (Å²) in [6.45, 7) is 0. The summed E-state index contributed by atoms with van der Waals surface area (Å²) in [5, 5.41) is 17.0. The van der Waals surface area contributed by atoms with E-state index in [2.05, 4.69) is 16.3 Å². The van der Waals surface area contributed by atoms with Crippen molar-refractivity contribution in [3.8, 4) is 34.3 Å². The Kier molecular flexibility index (Phi) is 4.49. The molecule has 0 saturated heterocycles. The van der Waals surface area contributed by atoms with Crippen LogP contribution in [0.4, 0.5) is 4.39 Å². The molecule has 1 atom stereocenters. The Bertz CT molecular complexity index is 1330. The minimum absolute atomic E-state index is 0.0688. The highest BCUT2D eigenvalue weighted by Crippen LogP contribution is 2.46. The number of fused-ring (bicyclic) bond motifs is 1. The molecule has 0 radical (unpaired) electrons. The molecule has 0 fully saturated rings. The lowest BCUT2D eigenvalue weighted by atomic mass is 9.82. The third-order valence-corrected chi connectivity index (χ3v) is 5.44. The van der Waals surface area contributed by atoms with E-state index >= 15 is 0 Å². The summed E-state index contributed by atoms with van der Waals surface area (Å²) in [6.07, 6.45) is 0. The molecule has 0 saturated carbocycles. The van der Waals surface area contributed by atoms with E-state index in [0.717, 1.165) is 16.7 Å². The van der Waals surface area contributed by atoms with Crippen LogP contribution in [0.2, 0.25) is 0 Å². The number of nitrogens with zero attached hydrogens (tertiary/aromatic N) is 2. The van der Waals surface area contributed by atoms with Crippen molar-refractivity contribution in [3.63, 3.8) is 0 Å². The van der Waals surface area contributed by atoms with Gasteiger partial charge in [-0.2, -0.15) is 5.26 Å². The Morgan fingerprint density at radius 3 is 2.26 bits per heavy atom. The van der Waals surface area contributed by atoms with Crippen molar-refractivity contribution in [1.82, 2.24) is 10.2 Å². The van der Waals surface area contributed by atoms with Gasteiger partial charge in [-0.1, -0.05) is 72.8 Å². The van der Waals surface area contributed by atoms with E-state index in [4.69, 9.17) is 10.5 Å². The van der Waals surface area contributed by atoms with Gasteiger partial charge in [-0.3, -0.25) is 5.10 Å². The number of aromatic amines is 1. The van der Waals surface area contributed by atoms with Gasteiger partial charge in [0.25, 0.3) is 0 Å². The Labute approximate surface area is 178 Å². The van der Waals surface area contributed by atoms with E-state index in [1.54, 1.807) is 18.2 Å². The highest BCUT2D eigenvalue weighted by Gasteiger charge is 2.36. The average Bonchev–Trinajstić information content (AvgIpc) is 3.23. The van der Waals surface area contributed by atoms with Crippen molar-refractivity contribution >= 4 is 0 Å². The maximum Gasteiger partial charge on any atom is 0.244 e. The van der Waals surface area contributed by atoms with E-state index in [1.165, 1.54) is 6.07 Å². The second-order valence-corrected chi connectivity index (χ2v) is 7.21. The molecular formula is C25H17FN4O. The number of aromatic nitrogens is 2. The van der Waals surface area contributed by atoms with Crippen LogP contribution in [0.25, 0.3) is 22.4 Å². The first-order valence-electron chi connectivity index (χ1n) is 9.73. The monoisotopic (exact) mass is 408 g/mol. The number of rotatable bonds is 3. The smallest absolute Gasteiger partial charge is 0.244 e. The van der Waals surface area contributed by atoms with Crippen LogP contribution in [0.15, 0.2) is 90.3 Å². The van der Waals surface area contributed by atoms with E-state index < -0.39 is 11.7 Å². The quantitative estimate of drug-likeness (QED) is 0.494. The fourth-order valence-electron chi connectivity index (χ4n) is 3.95. The molecule has 0 unspecified atom stereocenters. The zero-order valence-electron chi connectivity index (χ0n) is 16.3. The van der Waals surface area contributed by atoms with Gasteiger partial charge >= 0.3 is 0 Å². The van der Waals surface area contributed by atoms with Crippen LogP contribution in [-0.2, 0) is 0 Å². The number of nitriles is 1. The third-order valence-electron chi connectivity index (χ3n) is 5.44. The third kappa shape index (κ3) is 3.13. The number of ether oxygens (including phenoxy) is 1. The maximum atomic E-state index is 14.7. The molecule has 1 aromatic heterocycles. The molecule has 0 amide bonds. The topological polar surface area (TPSA) is 87.7 Å². The summed E-state index contributed by atoms with van der Waals surface area (Å²) >= 11 is 0. The van der Waals surface area contributed by atoms with Crippen LogP contribution in [0, 0.1) is 17.1 Å². The lowest BCUT2D eigenvalue weighted by Gasteiger charge is -2.24. The Morgan fingerprint density at radius 2 is 1.55 bits per heavy atom. The van der Waals surface area contributed by atoms with Gasteiger partial charge in [-0.05, 0) is 17.2 Å². The molecule has 31 heavy (non-hydrogen) atoms. The number of benzene rings is 3. The molecular weight excluding hydrogens is 391 g/mol. The summed E-state index contributed by atoms with van der Waals surface area (Å²) in [5.74, 6) is -0.974. The number of hydrogen-bond donors (Lipinski definition) is 2. The number of nitrogens with one attached hydrogen (secondary N) is 1. The molecule has 1 aliphatic heterocycles. The van der Waals surface area contributed by atoms with Crippen LogP contribution in [0.3, 0.4) is 0 Å². The first kappa shape index (κ1) is 18.6. The van der Waals surface area contributed by atoms with E-state index in [1.807, 2.05) is 54.6 Å². The van der Waals surface area contributed by atoms with Crippen LogP contribution in [-0.4, -0.2) is 10.2 Å². The van der Waals surface area contributed by atoms with Crippen molar-refractivity contribution in [2.45, 2.75) is 5.92 Å². The lowest BCUT2D eigenvalue weighted by molar-refractivity contribution is 0.378. The highest BCUT2D eigenvalue weighted by molar-refractivity contribution is 5.74. The normalized spacial score (nSPS) is 15.2. The summed E-state index contributed by atoms with van der Waals surface area (Å²) in [5.41, 5.74) is 10.7. The van der Waals surface area contributed by atoms with Crippen molar-refractivity contribution < 1.29 is 9.13 Å². The van der Waals surface area contributed by atoms with Crippen LogP contribution >= 0.6 is 0 Å². The van der Waals surface area contributed by atoms with Gasteiger partial charge in [0.05, 0.1) is 17.2 Å². The first-order chi connectivity index (χ1) is 15.2. The van der Waals surface area contributed by atoms with Gasteiger partial charge in [0.2, 0.25) is 11.8 Å². The standard InChI is InChI=1S/C25H17FN4O/c26-20-9-5-4-8-18(20)21-19(14-27)24(28)31-25-22(21)23(29-30-25)17-12-10-16(11-13-17)15-6-2-1-3-7-15/h1-13,21H,28H2,(H,29,30)/t21-/m1/s1. The Morgan fingerprint density at radius 1 is 0.903 bits per heavy atom. The molecule has 2 heterocycles. The minimum atomic E-state index is -0.725. The van der Waals surface area contributed by atoms with Gasteiger partial charge in [-0.15, -0.1) is 5.10 Å². The van der Waals surface area contributed by atoms with E-state index in [0.29, 0.717) is 16.8 Å². The zero-order valence-corrected chi connectivity index (χ0v) is 16.3. The Balaban J connectivity index is 1.64. The molecule has 1 aliphatic rings. The highest BCUT2D eigenvalue weighted by atomic mass is 19.1. The molecule has 5 nitrogen and oxygen atoms in total. The second kappa shape index (κ2) is 7.47. The molecule has 0 bridgehead atoms. The fraction of sp³-hybridized carbons (Fsp3) is 0.0400. The molecule has 3 aromatic carbocycles. The fourth-order valence-corrected chi connectivity index (χ4v) is 3.95. The average molecular weight is 408 g/mol. The van der Waals surface area contributed by atoms with Gasteiger partial charge < -0.3 is 10.5 Å². The van der Waals surface area contributed by atoms with Crippen molar-refractivity contribution in [2.75, 3.05) is 0 Å². The summed E-state index contributed by atoms with van der Waals surface area (Å²) in [7, 11) is 0. The van der Waals surface area contributed by atoms with Gasteiger partial charge in [0, 0.05) is 11.1 Å². The molecule has 0 aliphatic carbocycles. The number of halogens is 1. The van der Waals surface area contributed by atoms with E-state index in [9.17, 15) is 9.65 Å². The Hall–Kier alpha value is -4.37. The predicted molar refractivity (Wildman–Crippen MR) is 115 cm³/mol. The van der Waals surface area contributed by atoms with Gasteiger partial charge in [0.1, 0.15) is 17.5 Å². The van der Waals surface area contributed by atoms with Crippen molar-refractivity contribution in [3.05, 3.63) is 107 Å². The molecule has 150 valence electrons. The van der Waals surface area contributed by atoms with Crippen LogP contribution in [0.1, 0.15) is 17.0 Å². The largest absolute Gasteiger partial charge is 0.420 e. The minimum Gasteiger partial charge on any atom is -0.420 e. The number of H-pyrrole nitrogens is 1.